The van der Waals surface area contributed by atoms with Crippen molar-refractivity contribution in [3.63, 3.8) is 0 Å². The molecule has 1 aromatic rings. The minimum absolute atomic E-state index is 0.756. The number of benzene rings is 1. The number of para-hydroxylation sites is 1. The standard InChI is InChI=1S/C15H25N3/c1-17(13-15-9-6-11-18(15)2)12-10-16-14-7-4-3-5-8-14/h3-5,7-8,15-16H,6,9-13H2,1-2H3. The van der Waals surface area contributed by atoms with E-state index < -0.39 is 0 Å². The molecule has 3 nitrogen and oxygen atoms in total. The summed E-state index contributed by atoms with van der Waals surface area (Å²) in [5, 5.41) is 3.46. The van der Waals surface area contributed by atoms with E-state index in [0.29, 0.717) is 0 Å². The molecule has 0 bridgehead atoms. The molecule has 1 aliphatic heterocycles. The minimum atomic E-state index is 0.756. The molecule has 0 aliphatic carbocycles. The van der Waals surface area contributed by atoms with Crippen LogP contribution in [0.2, 0.25) is 0 Å². The van der Waals surface area contributed by atoms with Crippen LogP contribution in [0.3, 0.4) is 0 Å². The van der Waals surface area contributed by atoms with Gasteiger partial charge in [0.25, 0.3) is 0 Å². The van der Waals surface area contributed by atoms with Crippen LogP contribution in [0.5, 0.6) is 0 Å². The number of rotatable bonds is 6. The van der Waals surface area contributed by atoms with E-state index in [1.54, 1.807) is 0 Å². The fourth-order valence-electron chi connectivity index (χ4n) is 2.61. The summed E-state index contributed by atoms with van der Waals surface area (Å²) < 4.78 is 0. The number of anilines is 1. The summed E-state index contributed by atoms with van der Waals surface area (Å²) in [6, 6.07) is 11.2. The van der Waals surface area contributed by atoms with Crippen molar-refractivity contribution in [2.45, 2.75) is 18.9 Å². The van der Waals surface area contributed by atoms with Gasteiger partial charge in [0.05, 0.1) is 0 Å². The fourth-order valence-corrected chi connectivity index (χ4v) is 2.61. The molecule has 1 fully saturated rings. The van der Waals surface area contributed by atoms with Crippen LogP contribution < -0.4 is 5.32 Å². The lowest BCUT2D eigenvalue weighted by atomic mass is 10.2. The van der Waals surface area contributed by atoms with Gasteiger partial charge in [-0.25, -0.2) is 0 Å². The molecule has 2 rings (SSSR count). The van der Waals surface area contributed by atoms with Crippen LogP contribution in [0.1, 0.15) is 12.8 Å². The summed E-state index contributed by atoms with van der Waals surface area (Å²) >= 11 is 0. The maximum Gasteiger partial charge on any atom is 0.0340 e. The molecule has 0 saturated carbocycles. The van der Waals surface area contributed by atoms with E-state index >= 15 is 0 Å². The zero-order valence-corrected chi connectivity index (χ0v) is 11.6. The van der Waals surface area contributed by atoms with Crippen molar-refractivity contribution in [1.82, 2.24) is 9.80 Å². The normalized spacial score (nSPS) is 20.5. The smallest absolute Gasteiger partial charge is 0.0340 e. The second kappa shape index (κ2) is 6.76. The van der Waals surface area contributed by atoms with E-state index in [4.69, 9.17) is 0 Å². The Balaban J connectivity index is 1.64. The maximum absolute atomic E-state index is 3.46. The van der Waals surface area contributed by atoms with Gasteiger partial charge in [-0.3, -0.25) is 0 Å². The topological polar surface area (TPSA) is 18.5 Å². The van der Waals surface area contributed by atoms with E-state index in [-0.39, 0.29) is 0 Å². The Morgan fingerprint density at radius 3 is 2.78 bits per heavy atom. The third-order valence-corrected chi connectivity index (χ3v) is 3.79. The molecule has 1 saturated heterocycles. The van der Waals surface area contributed by atoms with Gasteiger partial charge < -0.3 is 15.1 Å². The molecular formula is C15H25N3. The average Bonchev–Trinajstić information content (AvgIpc) is 2.76. The van der Waals surface area contributed by atoms with E-state index in [1.165, 1.54) is 31.6 Å². The van der Waals surface area contributed by atoms with Gasteiger partial charge in [-0.2, -0.15) is 0 Å². The molecule has 0 aromatic heterocycles. The Bertz CT molecular complexity index is 339. The second-order valence-corrected chi connectivity index (χ2v) is 5.33. The molecule has 0 amide bonds. The zero-order chi connectivity index (χ0) is 12.8. The Hall–Kier alpha value is -1.06. The van der Waals surface area contributed by atoms with Crippen LogP contribution in [-0.4, -0.2) is 56.1 Å². The summed E-state index contributed by atoms with van der Waals surface area (Å²) in [6.07, 6.45) is 2.71. The second-order valence-electron chi connectivity index (χ2n) is 5.33. The number of hydrogen-bond donors (Lipinski definition) is 1. The monoisotopic (exact) mass is 247 g/mol. The predicted molar refractivity (Wildman–Crippen MR) is 78.1 cm³/mol. The van der Waals surface area contributed by atoms with E-state index in [0.717, 1.165) is 19.1 Å². The first-order valence-corrected chi connectivity index (χ1v) is 6.93. The maximum atomic E-state index is 3.46. The van der Waals surface area contributed by atoms with Gasteiger partial charge in [-0.05, 0) is 45.6 Å². The van der Waals surface area contributed by atoms with Crippen molar-refractivity contribution >= 4 is 5.69 Å². The van der Waals surface area contributed by atoms with Gasteiger partial charge in [-0.15, -0.1) is 0 Å². The first kappa shape index (κ1) is 13.4. The molecule has 1 aliphatic rings. The number of nitrogens with zero attached hydrogens (tertiary/aromatic N) is 2. The fraction of sp³-hybridized carbons (Fsp3) is 0.600. The lowest BCUT2D eigenvalue weighted by molar-refractivity contribution is 0.224. The molecular weight excluding hydrogens is 222 g/mol. The van der Waals surface area contributed by atoms with Gasteiger partial charge in [0.15, 0.2) is 0 Å². The number of likely N-dealkylation sites (N-methyl/N-ethyl adjacent to an activating group) is 2. The van der Waals surface area contributed by atoms with E-state index in [2.05, 4.69) is 53.5 Å². The molecule has 0 spiro atoms. The highest BCUT2D eigenvalue weighted by Gasteiger charge is 2.21. The molecule has 3 heteroatoms. The van der Waals surface area contributed by atoms with Crippen LogP contribution in [-0.2, 0) is 0 Å². The van der Waals surface area contributed by atoms with Crippen LogP contribution in [0.4, 0.5) is 5.69 Å². The van der Waals surface area contributed by atoms with Crippen LogP contribution in [0.25, 0.3) is 0 Å². The first-order valence-electron chi connectivity index (χ1n) is 6.93. The summed E-state index contributed by atoms with van der Waals surface area (Å²) in [5.41, 5.74) is 1.21. The molecule has 1 unspecified atom stereocenters. The Morgan fingerprint density at radius 2 is 2.11 bits per heavy atom. The average molecular weight is 247 g/mol. The van der Waals surface area contributed by atoms with Crippen molar-refractivity contribution < 1.29 is 0 Å². The lowest BCUT2D eigenvalue weighted by Crippen LogP contribution is -2.38. The van der Waals surface area contributed by atoms with Gasteiger partial charge in [0.1, 0.15) is 0 Å². The summed E-state index contributed by atoms with van der Waals surface area (Å²) in [5.74, 6) is 0. The molecule has 1 atom stereocenters. The van der Waals surface area contributed by atoms with Crippen LogP contribution in [0, 0.1) is 0 Å². The zero-order valence-electron chi connectivity index (χ0n) is 11.6. The van der Waals surface area contributed by atoms with Crippen LogP contribution in [0.15, 0.2) is 30.3 Å². The van der Waals surface area contributed by atoms with Crippen molar-refractivity contribution in [3.05, 3.63) is 30.3 Å². The highest BCUT2D eigenvalue weighted by atomic mass is 15.2. The van der Waals surface area contributed by atoms with E-state index in [9.17, 15) is 0 Å². The van der Waals surface area contributed by atoms with Crippen molar-refractivity contribution in [1.29, 1.82) is 0 Å². The molecule has 18 heavy (non-hydrogen) atoms. The summed E-state index contributed by atoms with van der Waals surface area (Å²) in [7, 11) is 4.46. The first-order chi connectivity index (χ1) is 8.75. The highest BCUT2D eigenvalue weighted by Crippen LogP contribution is 2.15. The molecule has 1 aromatic carbocycles. The van der Waals surface area contributed by atoms with Crippen molar-refractivity contribution in [2.24, 2.45) is 0 Å². The Morgan fingerprint density at radius 1 is 1.33 bits per heavy atom. The molecule has 0 radical (unpaired) electrons. The number of nitrogens with one attached hydrogen (secondary N) is 1. The summed E-state index contributed by atoms with van der Waals surface area (Å²) in [4.78, 5) is 4.92. The molecule has 1 heterocycles. The van der Waals surface area contributed by atoms with Gasteiger partial charge in [0, 0.05) is 31.4 Å². The van der Waals surface area contributed by atoms with Gasteiger partial charge in [0.2, 0.25) is 0 Å². The Labute approximate surface area is 111 Å². The molecule has 1 N–H and O–H groups in total. The highest BCUT2D eigenvalue weighted by molar-refractivity contribution is 5.42. The number of likely N-dealkylation sites (tertiary alicyclic amines) is 1. The van der Waals surface area contributed by atoms with Gasteiger partial charge >= 0.3 is 0 Å². The quantitative estimate of drug-likeness (QED) is 0.831. The van der Waals surface area contributed by atoms with Crippen molar-refractivity contribution in [2.75, 3.05) is 45.6 Å². The van der Waals surface area contributed by atoms with E-state index in [1.807, 2.05) is 6.07 Å². The SMILES string of the molecule is CN(CCNc1ccccc1)CC1CCCN1C. The predicted octanol–water partition coefficient (Wildman–Crippen LogP) is 2.12. The third-order valence-electron chi connectivity index (χ3n) is 3.79. The summed E-state index contributed by atoms with van der Waals surface area (Å²) in [6.45, 7) is 4.56. The minimum Gasteiger partial charge on any atom is -0.384 e. The third kappa shape index (κ3) is 4.00. The molecule has 100 valence electrons. The van der Waals surface area contributed by atoms with Gasteiger partial charge in [-0.1, -0.05) is 18.2 Å². The Kier molecular flexibility index (Phi) is 5.02. The van der Waals surface area contributed by atoms with Crippen molar-refractivity contribution in [3.8, 4) is 0 Å². The largest absolute Gasteiger partial charge is 0.384 e. The van der Waals surface area contributed by atoms with Crippen LogP contribution >= 0.6 is 0 Å². The lowest BCUT2D eigenvalue weighted by Gasteiger charge is -2.25. The number of hydrogen-bond acceptors (Lipinski definition) is 3.